The zero-order valence-electron chi connectivity index (χ0n) is 18.5. The van der Waals surface area contributed by atoms with E-state index in [4.69, 9.17) is 4.98 Å². The Labute approximate surface area is 183 Å². The van der Waals surface area contributed by atoms with Crippen LogP contribution in [0.15, 0.2) is 60.8 Å². The maximum atomic E-state index is 13.6. The average Bonchev–Trinajstić information content (AvgIpc) is 3.28. The van der Waals surface area contributed by atoms with E-state index in [1.165, 1.54) is 16.7 Å². The van der Waals surface area contributed by atoms with Gasteiger partial charge in [0.1, 0.15) is 5.65 Å². The Morgan fingerprint density at radius 3 is 2.61 bits per heavy atom. The molecule has 3 heterocycles. The van der Waals surface area contributed by atoms with Crippen molar-refractivity contribution in [1.29, 1.82) is 0 Å². The molecule has 2 aromatic heterocycles. The van der Waals surface area contributed by atoms with Gasteiger partial charge in [-0.1, -0.05) is 36.4 Å². The minimum atomic E-state index is 0.117. The Balaban J connectivity index is 1.62. The summed E-state index contributed by atoms with van der Waals surface area (Å²) in [5.74, 6) is 0.117. The number of rotatable bonds is 3. The summed E-state index contributed by atoms with van der Waals surface area (Å²) in [6.45, 7) is 8.43. The van der Waals surface area contributed by atoms with Gasteiger partial charge in [-0.15, -0.1) is 0 Å². The lowest BCUT2D eigenvalue weighted by atomic mass is 10.0. The van der Waals surface area contributed by atoms with Crippen molar-refractivity contribution in [3.63, 3.8) is 0 Å². The number of imidazole rings is 1. The number of nitrogens with zero attached hydrogens (tertiary/aromatic N) is 3. The van der Waals surface area contributed by atoms with Crippen LogP contribution in [0.5, 0.6) is 0 Å². The molecule has 1 unspecified atom stereocenters. The Morgan fingerprint density at radius 1 is 1.00 bits per heavy atom. The molecular formula is C27H27N3O. The summed E-state index contributed by atoms with van der Waals surface area (Å²) >= 11 is 0. The molecular weight excluding hydrogens is 382 g/mol. The number of aromatic nitrogens is 2. The summed E-state index contributed by atoms with van der Waals surface area (Å²) < 4.78 is 2.09. The molecule has 0 radical (unpaired) electrons. The molecule has 4 aromatic rings. The summed E-state index contributed by atoms with van der Waals surface area (Å²) in [7, 11) is 0. The fourth-order valence-electron chi connectivity index (χ4n) is 4.72. The predicted octanol–water partition coefficient (Wildman–Crippen LogP) is 5.45. The van der Waals surface area contributed by atoms with Gasteiger partial charge in [0.25, 0.3) is 0 Å². The second-order valence-electron chi connectivity index (χ2n) is 8.71. The Hall–Kier alpha value is -3.40. The molecule has 4 nitrogen and oxygen atoms in total. The van der Waals surface area contributed by atoms with Gasteiger partial charge in [0, 0.05) is 23.5 Å². The summed E-state index contributed by atoms with van der Waals surface area (Å²) in [5.41, 5.74) is 9.68. The second-order valence-corrected chi connectivity index (χ2v) is 8.71. The van der Waals surface area contributed by atoms with Crippen LogP contribution in [-0.2, 0) is 17.6 Å². The van der Waals surface area contributed by atoms with Crippen molar-refractivity contribution >= 4 is 17.2 Å². The minimum Gasteiger partial charge on any atom is -0.309 e. The number of benzene rings is 2. The van der Waals surface area contributed by atoms with Crippen LogP contribution in [0.2, 0.25) is 0 Å². The molecule has 5 rings (SSSR count). The predicted molar refractivity (Wildman–Crippen MR) is 126 cm³/mol. The SMILES string of the molecule is Cc1ccc(-c2nc3c(C)cccn3c2CC(=O)N2c3ccccc3CC2C)cc1C. The first-order valence-corrected chi connectivity index (χ1v) is 10.9. The summed E-state index contributed by atoms with van der Waals surface area (Å²) in [4.78, 5) is 20.6. The molecule has 1 aliphatic rings. The molecule has 0 aliphatic carbocycles. The number of amides is 1. The lowest BCUT2D eigenvalue weighted by Crippen LogP contribution is -2.37. The minimum absolute atomic E-state index is 0.117. The number of pyridine rings is 1. The highest BCUT2D eigenvalue weighted by molar-refractivity contribution is 5.98. The van der Waals surface area contributed by atoms with E-state index in [9.17, 15) is 4.79 Å². The summed E-state index contributed by atoms with van der Waals surface area (Å²) in [6.07, 6.45) is 3.23. The van der Waals surface area contributed by atoms with Crippen LogP contribution in [0.4, 0.5) is 5.69 Å². The van der Waals surface area contributed by atoms with Crippen molar-refractivity contribution < 1.29 is 4.79 Å². The van der Waals surface area contributed by atoms with Gasteiger partial charge < -0.3 is 9.30 Å². The first-order valence-electron chi connectivity index (χ1n) is 10.9. The van der Waals surface area contributed by atoms with E-state index in [2.05, 4.69) is 68.5 Å². The number of hydrogen-bond acceptors (Lipinski definition) is 2. The first kappa shape index (κ1) is 19.6. The van der Waals surface area contributed by atoms with Crippen LogP contribution < -0.4 is 4.90 Å². The molecule has 0 saturated carbocycles. The highest BCUT2D eigenvalue weighted by Crippen LogP contribution is 2.34. The van der Waals surface area contributed by atoms with E-state index in [1.807, 2.05) is 29.3 Å². The van der Waals surface area contributed by atoms with E-state index in [-0.39, 0.29) is 11.9 Å². The molecule has 0 bridgehead atoms. The van der Waals surface area contributed by atoms with Crippen molar-refractivity contribution in [2.45, 2.75) is 46.6 Å². The van der Waals surface area contributed by atoms with Gasteiger partial charge in [-0.05, 0) is 74.6 Å². The van der Waals surface area contributed by atoms with Gasteiger partial charge >= 0.3 is 0 Å². The number of fused-ring (bicyclic) bond motifs is 2. The Kier molecular flexibility index (Phi) is 4.66. The van der Waals surface area contributed by atoms with Crippen LogP contribution in [0.1, 0.15) is 34.9 Å². The number of hydrogen-bond donors (Lipinski definition) is 0. The van der Waals surface area contributed by atoms with Gasteiger partial charge in [0.2, 0.25) is 5.91 Å². The van der Waals surface area contributed by atoms with E-state index in [1.54, 1.807) is 0 Å². The standard InChI is InChI=1S/C27H27N3O/c1-17-11-12-22(14-19(17)3)26-24(29-13-7-8-18(2)27(29)28-26)16-25(31)30-20(4)15-21-9-5-6-10-23(21)30/h5-14,20H,15-16H2,1-4H3. The summed E-state index contributed by atoms with van der Waals surface area (Å²) in [5, 5.41) is 0. The third-order valence-electron chi connectivity index (χ3n) is 6.52. The van der Waals surface area contributed by atoms with Gasteiger partial charge in [-0.25, -0.2) is 4.98 Å². The van der Waals surface area contributed by atoms with Crippen molar-refractivity contribution in [3.05, 3.63) is 88.7 Å². The largest absolute Gasteiger partial charge is 0.309 e. The average molecular weight is 410 g/mol. The number of carbonyl (C=O) groups is 1. The van der Waals surface area contributed by atoms with Gasteiger partial charge in [-0.3, -0.25) is 4.79 Å². The number of carbonyl (C=O) groups excluding carboxylic acids is 1. The van der Waals surface area contributed by atoms with Crippen molar-refractivity contribution in [3.8, 4) is 11.3 Å². The molecule has 1 aliphatic heterocycles. The van der Waals surface area contributed by atoms with Crippen LogP contribution in [0.25, 0.3) is 16.9 Å². The molecule has 2 aromatic carbocycles. The molecule has 0 saturated heterocycles. The molecule has 156 valence electrons. The molecule has 0 spiro atoms. The lowest BCUT2D eigenvalue weighted by Gasteiger charge is -2.23. The zero-order valence-corrected chi connectivity index (χ0v) is 18.5. The molecule has 4 heteroatoms. The fraction of sp³-hybridized carbons (Fsp3) is 0.259. The molecule has 31 heavy (non-hydrogen) atoms. The van der Waals surface area contributed by atoms with E-state index < -0.39 is 0 Å². The topological polar surface area (TPSA) is 37.6 Å². The van der Waals surface area contributed by atoms with Crippen molar-refractivity contribution in [2.75, 3.05) is 4.90 Å². The van der Waals surface area contributed by atoms with Crippen LogP contribution in [0, 0.1) is 20.8 Å². The van der Waals surface area contributed by atoms with Gasteiger partial charge in [-0.2, -0.15) is 0 Å². The van der Waals surface area contributed by atoms with Crippen molar-refractivity contribution in [2.24, 2.45) is 0 Å². The normalized spacial score (nSPS) is 15.5. The second kappa shape index (κ2) is 7.38. The monoisotopic (exact) mass is 409 g/mol. The molecule has 1 atom stereocenters. The van der Waals surface area contributed by atoms with E-state index in [0.717, 1.165) is 40.3 Å². The molecule has 0 fully saturated rings. The highest BCUT2D eigenvalue weighted by atomic mass is 16.2. The number of aryl methyl sites for hydroxylation is 3. The third-order valence-corrected chi connectivity index (χ3v) is 6.52. The van der Waals surface area contributed by atoms with Gasteiger partial charge in [0.15, 0.2) is 0 Å². The number of anilines is 1. The van der Waals surface area contributed by atoms with Gasteiger partial charge in [0.05, 0.1) is 17.8 Å². The van der Waals surface area contributed by atoms with Crippen LogP contribution >= 0.6 is 0 Å². The maximum absolute atomic E-state index is 13.6. The van der Waals surface area contributed by atoms with Crippen molar-refractivity contribution in [1.82, 2.24) is 9.38 Å². The van der Waals surface area contributed by atoms with E-state index in [0.29, 0.717) is 6.42 Å². The highest BCUT2D eigenvalue weighted by Gasteiger charge is 2.31. The zero-order chi connectivity index (χ0) is 21.7. The van der Waals surface area contributed by atoms with Crippen LogP contribution in [-0.4, -0.2) is 21.3 Å². The Bertz CT molecular complexity index is 1320. The Morgan fingerprint density at radius 2 is 1.81 bits per heavy atom. The van der Waals surface area contributed by atoms with Crippen LogP contribution in [0.3, 0.4) is 0 Å². The molecule has 1 amide bonds. The quantitative estimate of drug-likeness (QED) is 0.451. The fourth-order valence-corrected chi connectivity index (χ4v) is 4.72. The maximum Gasteiger partial charge on any atom is 0.233 e. The summed E-state index contributed by atoms with van der Waals surface area (Å²) in [6, 6.07) is 18.9. The lowest BCUT2D eigenvalue weighted by molar-refractivity contribution is -0.118. The van der Waals surface area contributed by atoms with E-state index >= 15 is 0 Å². The first-order chi connectivity index (χ1) is 14.9. The third kappa shape index (κ3) is 3.23. The molecule has 0 N–H and O–H groups in total. The number of para-hydroxylation sites is 1. The smallest absolute Gasteiger partial charge is 0.233 e.